The maximum absolute atomic E-state index is 11.8. The number of amides is 1. The van der Waals surface area contributed by atoms with Crippen LogP contribution >= 0.6 is 0 Å². The molecule has 13 heavy (non-hydrogen) atoms. The lowest BCUT2D eigenvalue weighted by atomic mass is 10.3. The van der Waals surface area contributed by atoms with Gasteiger partial charge in [-0.05, 0) is 0 Å². The Kier molecular flexibility index (Phi) is 5.41. The van der Waals surface area contributed by atoms with E-state index in [-0.39, 0.29) is 6.42 Å². The second kappa shape index (κ2) is 5.77. The molecule has 0 atom stereocenters. The van der Waals surface area contributed by atoms with Gasteiger partial charge in [-0.25, -0.2) is 17.6 Å². The van der Waals surface area contributed by atoms with Gasteiger partial charge >= 0.3 is 0 Å². The molecule has 0 radical (unpaired) electrons. The summed E-state index contributed by atoms with van der Waals surface area (Å²) in [5, 5.41) is 0. The van der Waals surface area contributed by atoms with Crippen LogP contribution in [0.15, 0.2) is 0 Å². The van der Waals surface area contributed by atoms with Gasteiger partial charge in [-0.2, -0.15) is 0 Å². The van der Waals surface area contributed by atoms with Gasteiger partial charge in [0.1, 0.15) is 0 Å². The fourth-order valence-electron chi connectivity index (χ4n) is 0.835. The first-order valence-electron chi connectivity index (χ1n) is 3.81. The Hall–Kier alpha value is -0.810. The summed E-state index contributed by atoms with van der Waals surface area (Å²) in [7, 11) is 0. The minimum Gasteiger partial charge on any atom is -0.331 e. The Morgan fingerprint density at radius 2 is 1.54 bits per heavy atom. The quantitative estimate of drug-likeness (QED) is 0.620. The normalized spacial score (nSPS) is 11.0. The van der Waals surface area contributed by atoms with Crippen LogP contribution in [0.3, 0.4) is 0 Å². The molecule has 0 saturated carbocycles. The predicted octanol–water partition coefficient (Wildman–Crippen LogP) is 1.76. The summed E-state index contributed by atoms with van der Waals surface area (Å²) in [6.07, 6.45) is -5.58. The fourth-order valence-corrected chi connectivity index (χ4v) is 0.835. The third-order valence-electron chi connectivity index (χ3n) is 1.37. The van der Waals surface area contributed by atoms with Gasteiger partial charge < -0.3 is 4.90 Å². The van der Waals surface area contributed by atoms with Crippen LogP contribution in [0.5, 0.6) is 0 Å². The molecule has 0 fully saturated rings. The molecule has 0 spiro atoms. The van der Waals surface area contributed by atoms with Crippen molar-refractivity contribution >= 4 is 5.91 Å². The lowest BCUT2D eigenvalue weighted by Gasteiger charge is -2.20. The molecule has 0 bridgehead atoms. The van der Waals surface area contributed by atoms with Gasteiger partial charge in [-0.15, -0.1) is 0 Å². The summed E-state index contributed by atoms with van der Waals surface area (Å²) in [6.45, 7) is -0.402. The number of carbonyl (C=O) groups is 1. The second-order valence-electron chi connectivity index (χ2n) is 2.43. The van der Waals surface area contributed by atoms with Crippen molar-refractivity contribution in [1.29, 1.82) is 0 Å². The van der Waals surface area contributed by atoms with E-state index in [2.05, 4.69) is 0 Å². The van der Waals surface area contributed by atoms with Crippen LogP contribution in [-0.2, 0) is 4.79 Å². The van der Waals surface area contributed by atoms with Crippen molar-refractivity contribution in [2.24, 2.45) is 0 Å². The molecule has 1 amide bonds. The average molecular weight is 201 g/mol. The Morgan fingerprint density at radius 1 is 1.15 bits per heavy atom. The van der Waals surface area contributed by atoms with Crippen molar-refractivity contribution in [3.05, 3.63) is 0 Å². The molecule has 0 aromatic rings. The summed E-state index contributed by atoms with van der Waals surface area (Å²) in [5.41, 5.74) is 0. The van der Waals surface area contributed by atoms with Gasteiger partial charge in [0, 0.05) is 6.42 Å². The highest BCUT2D eigenvalue weighted by Crippen LogP contribution is 2.04. The van der Waals surface area contributed by atoms with Crippen LogP contribution in [0.25, 0.3) is 0 Å². The highest BCUT2D eigenvalue weighted by Gasteiger charge is 2.20. The molecule has 0 N–H and O–H groups in total. The van der Waals surface area contributed by atoms with Gasteiger partial charge in [-0.3, -0.25) is 4.79 Å². The van der Waals surface area contributed by atoms with E-state index < -0.39 is 31.8 Å². The number of alkyl halides is 4. The largest absolute Gasteiger partial charge is 0.331 e. The number of carbonyl (C=O) groups excluding carboxylic acids is 1. The van der Waals surface area contributed by atoms with E-state index in [1.54, 1.807) is 0 Å². The Balaban J connectivity index is 4.10. The molecule has 0 unspecified atom stereocenters. The van der Waals surface area contributed by atoms with Crippen molar-refractivity contribution in [3.63, 3.8) is 0 Å². The summed E-state index contributed by atoms with van der Waals surface area (Å²) in [5.74, 6) is -0.680. The molecule has 0 aliphatic heterocycles. The zero-order valence-electron chi connectivity index (χ0n) is 7.14. The van der Waals surface area contributed by atoms with Gasteiger partial charge in [0.2, 0.25) is 5.91 Å². The Bertz CT molecular complexity index is 153. The molecular formula is C7H11F4NO. The molecule has 0 aliphatic rings. The zero-order valence-corrected chi connectivity index (χ0v) is 7.14. The molecule has 2 nitrogen and oxygen atoms in total. The Labute approximate surface area is 73.5 Å². The van der Waals surface area contributed by atoms with E-state index in [1.807, 2.05) is 0 Å². The number of hydrogen-bond acceptors (Lipinski definition) is 1. The summed E-state index contributed by atoms with van der Waals surface area (Å²) >= 11 is 0. The second-order valence-corrected chi connectivity index (χ2v) is 2.43. The first-order chi connectivity index (χ1) is 5.97. The summed E-state index contributed by atoms with van der Waals surface area (Å²) in [6, 6.07) is 0. The summed E-state index contributed by atoms with van der Waals surface area (Å²) in [4.78, 5) is 11.3. The highest BCUT2D eigenvalue weighted by molar-refractivity contribution is 5.75. The third kappa shape index (κ3) is 5.43. The van der Waals surface area contributed by atoms with Gasteiger partial charge in [-0.1, -0.05) is 6.92 Å². The lowest BCUT2D eigenvalue weighted by molar-refractivity contribution is -0.134. The number of halogens is 4. The van der Waals surface area contributed by atoms with Crippen LogP contribution in [0.1, 0.15) is 13.3 Å². The molecule has 0 aliphatic carbocycles. The van der Waals surface area contributed by atoms with Crippen LogP contribution in [0, 0.1) is 0 Å². The number of hydrogen-bond donors (Lipinski definition) is 0. The number of nitrogens with zero attached hydrogens (tertiary/aromatic N) is 1. The maximum atomic E-state index is 11.8. The molecule has 0 aromatic carbocycles. The van der Waals surface area contributed by atoms with Crippen LogP contribution in [-0.4, -0.2) is 36.7 Å². The topological polar surface area (TPSA) is 20.3 Å². The molecule has 0 heterocycles. The van der Waals surface area contributed by atoms with Crippen molar-refractivity contribution in [3.8, 4) is 0 Å². The average Bonchev–Trinajstić information content (AvgIpc) is 2.00. The number of rotatable bonds is 5. The van der Waals surface area contributed by atoms with E-state index in [4.69, 9.17) is 0 Å². The van der Waals surface area contributed by atoms with E-state index in [0.29, 0.717) is 4.90 Å². The smallest absolute Gasteiger partial charge is 0.255 e. The first-order valence-corrected chi connectivity index (χ1v) is 3.81. The SMILES string of the molecule is CCC(=O)N(CC(F)F)CC(F)F. The fraction of sp³-hybridized carbons (Fsp3) is 0.857. The maximum Gasteiger partial charge on any atom is 0.255 e. The minimum atomic E-state index is -2.77. The zero-order chi connectivity index (χ0) is 10.4. The van der Waals surface area contributed by atoms with E-state index >= 15 is 0 Å². The monoisotopic (exact) mass is 201 g/mol. The highest BCUT2D eigenvalue weighted by atomic mass is 19.3. The van der Waals surface area contributed by atoms with Gasteiger partial charge in [0.05, 0.1) is 13.1 Å². The van der Waals surface area contributed by atoms with Crippen molar-refractivity contribution < 1.29 is 22.4 Å². The van der Waals surface area contributed by atoms with Crippen molar-refractivity contribution in [2.45, 2.75) is 26.2 Å². The predicted molar refractivity (Wildman–Crippen MR) is 38.9 cm³/mol. The van der Waals surface area contributed by atoms with Crippen molar-refractivity contribution in [2.75, 3.05) is 13.1 Å². The first kappa shape index (κ1) is 12.2. The van der Waals surface area contributed by atoms with Crippen LogP contribution in [0.4, 0.5) is 17.6 Å². The van der Waals surface area contributed by atoms with Crippen molar-refractivity contribution in [1.82, 2.24) is 4.90 Å². The van der Waals surface area contributed by atoms with E-state index in [0.717, 1.165) is 0 Å². The molecular weight excluding hydrogens is 190 g/mol. The van der Waals surface area contributed by atoms with Gasteiger partial charge in [0.15, 0.2) is 0 Å². The molecule has 0 aromatic heterocycles. The van der Waals surface area contributed by atoms with Crippen LogP contribution in [0.2, 0.25) is 0 Å². The lowest BCUT2D eigenvalue weighted by Crippen LogP contribution is -2.38. The third-order valence-corrected chi connectivity index (χ3v) is 1.37. The van der Waals surface area contributed by atoms with E-state index in [1.165, 1.54) is 6.92 Å². The Morgan fingerprint density at radius 3 is 1.77 bits per heavy atom. The molecule has 0 rings (SSSR count). The van der Waals surface area contributed by atoms with Crippen LogP contribution < -0.4 is 0 Å². The minimum absolute atomic E-state index is 0.0422. The van der Waals surface area contributed by atoms with E-state index in [9.17, 15) is 22.4 Å². The molecule has 6 heteroatoms. The molecule has 0 saturated heterocycles. The molecule has 78 valence electrons. The summed E-state index contributed by atoms with van der Waals surface area (Å²) < 4.78 is 47.2. The van der Waals surface area contributed by atoms with Gasteiger partial charge in [0.25, 0.3) is 12.9 Å². The standard InChI is InChI=1S/C7H11F4NO/c1-2-7(13)12(3-5(8)9)4-6(10)11/h5-6H,2-4H2,1H3.